The molecule has 10 heteroatoms. The second-order valence-electron chi connectivity index (χ2n) is 7.87. The van der Waals surface area contributed by atoms with Gasteiger partial charge in [-0.05, 0) is 50.5 Å². The summed E-state index contributed by atoms with van der Waals surface area (Å²) in [6.45, 7) is 4.85. The second-order valence-corrected chi connectivity index (χ2v) is 7.87. The number of rotatable bonds is 3. The van der Waals surface area contributed by atoms with Crippen LogP contribution in [0.1, 0.15) is 42.0 Å². The Balaban J connectivity index is 1.49. The van der Waals surface area contributed by atoms with Crippen molar-refractivity contribution in [3.8, 4) is 0 Å². The summed E-state index contributed by atoms with van der Waals surface area (Å²) in [4.78, 5) is 22.2. The molecular weight excluding hydrogens is 373 g/mol. The van der Waals surface area contributed by atoms with Crippen molar-refractivity contribution in [3.63, 3.8) is 0 Å². The van der Waals surface area contributed by atoms with Crippen molar-refractivity contribution in [3.05, 3.63) is 22.8 Å². The molecule has 0 spiro atoms. The Kier molecular flexibility index (Phi) is 4.56. The van der Waals surface area contributed by atoms with E-state index in [9.17, 15) is 18.0 Å². The predicted molar refractivity (Wildman–Crippen MR) is 94.3 cm³/mol. The van der Waals surface area contributed by atoms with Crippen LogP contribution in [0.15, 0.2) is 0 Å². The van der Waals surface area contributed by atoms with Crippen LogP contribution in [0.25, 0.3) is 5.78 Å². The van der Waals surface area contributed by atoms with Crippen molar-refractivity contribution in [2.75, 3.05) is 13.1 Å². The minimum Gasteiger partial charge on any atom is -0.342 e. The lowest BCUT2D eigenvalue weighted by Crippen LogP contribution is -2.33. The fourth-order valence-corrected chi connectivity index (χ4v) is 4.59. The molecule has 152 valence electrons. The lowest BCUT2D eigenvalue weighted by molar-refractivity contribution is -0.144. The first-order valence-electron chi connectivity index (χ1n) is 9.48. The molecule has 3 atom stereocenters. The highest BCUT2D eigenvalue weighted by Gasteiger charge is 2.42. The molecule has 2 aliphatic rings. The summed E-state index contributed by atoms with van der Waals surface area (Å²) in [5.41, 5.74) is 7.96. The molecule has 2 N–H and O–H groups in total. The minimum absolute atomic E-state index is 0.0510. The third kappa shape index (κ3) is 3.23. The SMILES string of the molecule is Cc1nc2nc(C(F)(F)F)nn2c(C)c1CCC(=O)N1CC2CCC(N)C2C1. The van der Waals surface area contributed by atoms with Gasteiger partial charge in [-0.1, -0.05) is 0 Å². The summed E-state index contributed by atoms with van der Waals surface area (Å²) in [6.07, 6.45) is -1.84. The molecule has 0 radical (unpaired) electrons. The molecular formula is C18H23F3N6O. The number of carbonyl (C=O) groups excluding carboxylic acids is 1. The van der Waals surface area contributed by atoms with Crippen LogP contribution < -0.4 is 5.73 Å². The number of halogens is 3. The summed E-state index contributed by atoms with van der Waals surface area (Å²) in [5, 5.41) is 3.55. The van der Waals surface area contributed by atoms with Crippen molar-refractivity contribution in [1.82, 2.24) is 24.5 Å². The predicted octanol–water partition coefficient (Wildman–Crippen LogP) is 1.89. The molecule has 3 heterocycles. The molecule has 1 saturated carbocycles. The van der Waals surface area contributed by atoms with Gasteiger partial charge in [0.05, 0.1) is 0 Å². The number of nitrogens with two attached hydrogens (primary N) is 1. The van der Waals surface area contributed by atoms with Gasteiger partial charge in [-0.3, -0.25) is 4.79 Å². The molecule has 0 bridgehead atoms. The fraction of sp³-hybridized carbons (Fsp3) is 0.667. The molecule has 1 saturated heterocycles. The first kappa shape index (κ1) is 19.1. The minimum atomic E-state index is -4.63. The van der Waals surface area contributed by atoms with Crippen molar-refractivity contribution >= 4 is 11.7 Å². The number of aromatic nitrogens is 4. The maximum absolute atomic E-state index is 12.9. The monoisotopic (exact) mass is 396 g/mol. The molecule has 28 heavy (non-hydrogen) atoms. The van der Waals surface area contributed by atoms with E-state index in [1.807, 2.05) is 4.90 Å². The number of carbonyl (C=O) groups is 1. The summed E-state index contributed by atoms with van der Waals surface area (Å²) < 4.78 is 39.8. The van der Waals surface area contributed by atoms with Gasteiger partial charge in [-0.15, -0.1) is 5.10 Å². The number of fused-ring (bicyclic) bond motifs is 2. The smallest absolute Gasteiger partial charge is 0.342 e. The zero-order valence-electron chi connectivity index (χ0n) is 15.8. The number of likely N-dealkylation sites (tertiary alicyclic amines) is 1. The molecule has 2 aromatic rings. The van der Waals surface area contributed by atoms with Crippen LogP contribution in [0.5, 0.6) is 0 Å². The normalized spacial score (nSPS) is 24.9. The van der Waals surface area contributed by atoms with E-state index in [4.69, 9.17) is 5.73 Å². The third-order valence-electron chi connectivity index (χ3n) is 6.16. The van der Waals surface area contributed by atoms with Crippen molar-refractivity contribution < 1.29 is 18.0 Å². The number of hydrogen-bond donors (Lipinski definition) is 1. The van der Waals surface area contributed by atoms with E-state index in [-0.39, 0.29) is 24.1 Å². The van der Waals surface area contributed by atoms with Gasteiger partial charge < -0.3 is 10.6 Å². The van der Waals surface area contributed by atoms with Crippen molar-refractivity contribution in [2.45, 2.75) is 51.7 Å². The van der Waals surface area contributed by atoms with Crippen LogP contribution in [-0.4, -0.2) is 49.5 Å². The largest absolute Gasteiger partial charge is 0.453 e. The number of hydrogen-bond acceptors (Lipinski definition) is 5. The van der Waals surface area contributed by atoms with Gasteiger partial charge in [-0.2, -0.15) is 18.2 Å². The molecule has 1 amide bonds. The highest BCUT2D eigenvalue weighted by Crippen LogP contribution is 2.37. The Morgan fingerprint density at radius 3 is 2.64 bits per heavy atom. The quantitative estimate of drug-likeness (QED) is 0.856. The first-order valence-corrected chi connectivity index (χ1v) is 9.48. The van der Waals surface area contributed by atoms with Crippen LogP contribution in [0.4, 0.5) is 13.2 Å². The van der Waals surface area contributed by atoms with Gasteiger partial charge in [0.25, 0.3) is 11.6 Å². The zero-order chi connectivity index (χ0) is 20.2. The van der Waals surface area contributed by atoms with Crippen LogP contribution in [0, 0.1) is 25.7 Å². The molecule has 2 fully saturated rings. The number of alkyl halides is 3. The molecule has 1 aliphatic carbocycles. The van der Waals surface area contributed by atoms with E-state index in [1.165, 1.54) is 0 Å². The zero-order valence-corrected chi connectivity index (χ0v) is 15.8. The Morgan fingerprint density at radius 1 is 1.21 bits per heavy atom. The number of amides is 1. The first-order chi connectivity index (χ1) is 13.1. The number of nitrogens with zero attached hydrogens (tertiary/aromatic N) is 5. The maximum atomic E-state index is 12.9. The highest BCUT2D eigenvalue weighted by atomic mass is 19.4. The topological polar surface area (TPSA) is 89.4 Å². The van der Waals surface area contributed by atoms with E-state index in [1.54, 1.807) is 13.8 Å². The van der Waals surface area contributed by atoms with Gasteiger partial charge in [0, 0.05) is 36.9 Å². The highest BCUT2D eigenvalue weighted by molar-refractivity contribution is 5.77. The number of aryl methyl sites for hydroxylation is 2. The average molecular weight is 396 g/mol. The van der Waals surface area contributed by atoms with Crippen LogP contribution in [-0.2, 0) is 17.4 Å². The van der Waals surface area contributed by atoms with Gasteiger partial charge in [0.2, 0.25) is 5.91 Å². The lowest BCUT2D eigenvalue weighted by atomic mass is 9.98. The van der Waals surface area contributed by atoms with Gasteiger partial charge in [0.15, 0.2) is 0 Å². The molecule has 0 aromatic carbocycles. The van der Waals surface area contributed by atoms with E-state index < -0.39 is 12.0 Å². The summed E-state index contributed by atoms with van der Waals surface area (Å²) in [6, 6.07) is 0.175. The lowest BCUT2D eigenvalue weighted by Gasteiger charge is -2.19. The van der Waals surface area contributed by atoms with Gasteiger partial charge in [-0.25, -0.2) is 9.50 Å². The van der Waals surface area contributed by atoms with E-state index in [0.29, 0.717) is 36.2 Å². The van der Waals surface area contributed by atoms with E-state index >= 15 is 0 Å². The molecule has 3 unspecified atom stereocenters. The van der Waals surface area contributed by atoms with Crippen molar-refractivity contribution in [2.24, 2.45) is 17.6 Å². The van der Waals surface area contributed by atoms with E-state index in [2.05, 4.69) is 15.1 Å². The Labute approximate surface area is 160 Å². The average Bonchev–Trinajstić information content (AvgIpc) is 3.30. The second kappa shape index (κ2) is 6.68. The van der Waals surface area contributed by atoms with Crippen LogP contribution >= 0.6 is 0 Å². The summed E-state index contributed by atoms with van der Waals surface area (Å²) >= 11 is 0. The fourth-order valence-electron chi connectivity index (χ4n) is 4.59. The molecule has 7 nitrogen and oxygen atoms in total. The Hall–Kier alpha value is -2.23. The van der Waals surface area contributed by atoms with Crippen LogP contribution in [0.3, 0.4) is 0 Å². The van der Waals surface area contributed by atoms with Gasteiger partial charge in [0.1, 0.15) is 0 Å². The van der Waals surface area contributed by atoms with E-state index in [0.717, 1.165) is 29.5 Å². The molecule has 4 rings (SSSR count). The summed E-state index contributed by atoms with van der Waals surface area (Å²) in [7, 11) is 0. The van der Waals surface area contributed by atoms with Crippen LogP contribution in [0.2, 0.25) is 0 Å². The molecule has 1 aliphatic heterocycles. The standard InChI is InChI=1S/C18H23F3N6O/c1-9-12(10(2)27-17(23-9)24-16(25-27)18(19,20)21)4-6-15(28)26-7-11-3-5-14(22)13(11)8-26/h11,13-14H,3-8,22H2,1-2H3. The maximum Gasteiger partial charge on any atom is 0.453 e. The summed E-state index contributed by atoms with van der Waals surface area (Å²) in [5.74, 6) is -0.359. The Bertz CT molecular complexity index is 924. The van der Waals surface area contributed by atoms with Gasteiger partial charge >= 0.3 is 6.18 Å². The third-order valence-corrected chi connectivity index (χ3v) is 6.16. The molecule has 2 aromatic heterocycles. The van der Waals surface area contributed by atoms with Crippen molar-refractivity contribution in [1.29, 1.82) is 0 Å². The Morgan fingerprint density at radius 2 is 1.96 bits per heavy atom.